The lowest BCUT2D eigenvalue weighted by atomic mass is 9.77. The Bertz CT molecular complexity index is 2790. The Labute approximate surface area is 329 Å². The quantitative estimate of drug-likeness (QED) is 0.153. The lowest BCUT2D eigenvalue weighted by Gasteiger charge is -2.33. The maximum atomic E-state index is 2.43. The summed E-state index contributed by atoms with van der Waals surface area (Å²) in [6, 6.07) is 71.0. The zero-order valence-electron chi connectivity index (χ0n) is 30.7. The predicted molar refractivity (Wildman–Crippen MR) is 240 cm³/mol. The van der Waals surface area contributed by atoms with Crippen LogP contribution in [0, 0.1) is 0 Å². The lowest BCUT2D eigenvalue weighted by molar-refractivity contribution is 0.641. The molecule has 0 spiro atoms. The lowest BCUT2D eigenvalue weighted by Crippen LogP contribution is -2.21. The molecule has 4 heteroatoms. The normalized spacial score (nSPS) is 11.8. The Morgan fingerprint density at radius 3 is 1.18 bits per heavy atom. The van der Waals surface area contributed by atoms with Gasteiger partial charge in [-0.3, -0.25) is 0 Å². The fraction of sp³-hybridized carbons (Fsp3) is 0.0588. The second-order valence-electron chi connectivity index (χ2n) is 14.6. The monoisotopic (exact) mass is 742 g/mol. The topological polar surface area (TPSA) is 6.48 Å². The Morgan fingerprint density at radius 1 is 0.309 bits per heavy atom. The largest absolute Gasteiger partial charge is 0.310 e. The van der Waals surface area contributed by atoms with Crippen molar-refractivity contribution in [3.05, 3.63) is 205 Å². The molecule has 2 nitrogen and oxygen atoms in total. The van der Waals surface area contributed by atoms with E-state index >= 15 is 0 Å². The molecule has 264 valence electrons. The molecule has 0 amide bonds. The number of hydrogen-bond donors (Lipinski definition) is 0. The van der Waals surface area contributed by atoms with Gasteiger partial charge in [-0.2, -0.15) is 0 Å². The van der Waals surface area contributed by atoms with Crippen molar-refractivity contribution in [1.29, 1.82) is 0 Å². The van der Waals surface area contributed by atoms with Gasteiger partial charge in [0.1, 0.15) is 0 Å². The van der Waals surface area contributed by atoms with Crippen LogP contribution in [0.5, 0.6) is 0 Å². The molecule has 0 atom stereocenters. The maximum Gasteiger partial charge on any atom is 0.0485 e. The van der Waals surface area contributed by atoms with E-state index in [4.69, 9.17) is 0 Å². The van der Waals surface area contributed by atoms with Gasteiger partial charge in [0.25, 0.3) is 0 Å². The van der Waals surface area contributed by atoms with Crippen LogP contribution in [0.25, 0.3) is 40.3 Å². The third-order valence-electron chi connectivity index (χ3n) is 10.9. The van der Waals surface area contributed by atoms with Crippen LogP contribution in [0.2, 0.25) is 0 Å². The highest BCUT2D eigenvalue weighted by molar-refractivity contribution is 7.26. The first kappa shape index (κ1) is 33.4. The first-order valence-corrected chi connectivity index (χ1v) is 20.4. The molecule has 0 saturated heterocycles. The third kappa shape index (κ3) is 5.95. The van der Waals surface area contributed by atoms with Gasteiger partial charge in [-0.15, -0.1) is 22.7 Å². The van der Waals surface area contributed by atoms with Gasteiger partial charge in [0.05, 0.1) is 0 Å². The average molecular weight is 743 g/mol. The van der Waals surface area contributed by atoms with Crippen LogP contribution in [0.4, 0.5) is 34.1 Å². The van der Waals surface area contributed by atoms with E-state index in [1.165, 1.54) is 51.5 Å². The van der Waals surface area contributed by atoms with E-state index in [0.717, 1.165) is 34.1 Å². The first-order valence-electron chi connectivity index (χ1n) is 18.8. The van der Waals surface area contributed by atoms with E-state index in [0.29, 0.717) is 0 Å². The fourth-order valence-electron chi connectivity index (χ4n) is 7.99. The van der Waals surface area contributed by atoms with E-state index in [1.807, 2.05) is 22.7 Å². The molecule has 2 heterocycles. The van der Waals surface area contributed by atoms with Crippen molar-refractivity contribution in [1.82, 2.24) is 0 Å². The zero-order valence-corrected chi connectivity index (χ0v) is 32.3. The number of fused-ring (bicyclic) bond motifs is 6. The summed E-state index contributed by atoms with van der Waals surface area (Å²) in [5, 5.41) is 5.21. The summed E-state index contributed by atoms with van der Waals surface area (Å²) in [6.07, 6.45) is 0. The number of nitrogens with zero attached hydrogens (tertiary/aromatic N) is 2. The van der Waals surface area contributed by atoms with Gasteiger partial charge in [-0.1, -0.05) is 129 Å². The minimum absolute atomic E-state index is 0.290. The van der Waals surface area contributed by atoms with E-state index < -0.39 is 0 Å². The van der Waals surface area contributed by atoms with E-state index in [1.54, 1.807) is 0 Å². The molecule has 2 aromatic heterocycles. The average Bonchev–Trinajstić information content (AvgIpc) is 3.80. The summed E-state index contributed by atoms with van der Waals surface area (Å²) in [4.78, 5) is 4.85. The Hall–Kier alpha value is -6.20. The molecule has 0 N–H and O–H groups in total. The SMILES string of the molecule is CC(C)(c1ccccc1)c1cc(N(c2ccccc2)c2ccc3c(c2)sc2ccccc23)cc(N(c2ccccc2)c2ccc3c(c2)sc2ccccc23)c1. The fourth-order valence-corrected chi connectivity index (χ4v) is 10.3. The van der Waals surface area contributed by atoms with Gasteiger partial charge in [0.2, 0.25) is 0 Å². The predicted octanol–water partition coefficient (Wildman–Crippen LogP) is 15.7. The minimum Gasteiger partial charge on any atom is -0.310 e. The highest BCUT2D eigenvalue weighted by Crippen LogP contribution is 2.47. The molecule has 0 aliphatic rings. The van der Waals surface area contributed by atoms with Gasteiger partial charge in [0.15, 0.2) is 0 Å². The van der Waals surface area contributed by atoms with Crippen LogP contribution >= 0.6 is 22.7 Å². The van der Waals surface area contributed by atoms with Crippen molar-refractivity contribution in [3.8, 4) is 0 Å². The van der Waals surface area contributed by atoms with Gasteiger partial charge < -0.3 is 9.80 Å². The Morgan fingerprint density at radius 2 is 0.709 bits per heavy atom. The number of hydrogen-bond acceptors (Lipinski definition) is 4. The number of rotatable bonds is 8. The number of thiophene rings is 2. The summed E-state index contributed by atoms with van der Waals surface area (Å²) in [5.41, 5.74) is 8.91. The van der Waals surface area contributed by atoms with Crippen molar-refractivity contribution in [2.45, 2.75) is 19.3 Å². The van der Waals surface area contributed by atoms with Crippen LogP contribution in [0.3, 0.4) is 0 Å². The van der Waals surface area contributed by atoms with Crippen LogP contribution in [-0.2, 0) is 5.41 Å². The summed E-state index contributed by atoms with van der Waals surface area (Å²) in [5.74, 6) is 0. The second-order valence-corrected chi connectivity index (χ2v) is 16.8. The number of para-hydroxylation sites is 2. The second kappa shape index (κ2) is 13.6. The maximum absolute atomic E-state index is 2.43. The minimum atomic E-state index is -0.290. The smallest absolute Gasteiger partial charge is 0.0485 e. The standard InChI is InChI=1S/C51H38N2S2/c1-51(2,35-16-6-3-7-17-35)36-30-41(52(37-18-8-4-9-19-37)39-26-28-45-43-22-12-14-24-47(43)54-49(45)33-39)32-42(31-36)53(38-20-10-5-11-21-38)40-27-29-46-44-23-13-15-25-48(44)55-50(46)34-40/h3-34H,1-2H3. The van der Waals surface area contributed by atoms with Crippen molar-refractivity contribution in [3.63, 3.8) is 0 Å². The van der Waals surface area contributed by atoms with E-state index in [-0.39, 0.29) is 5.41 Å². The van der Waals surface area contributed by atoms with Crippen LogP contribution < -0.4 is 9.80 Å². The molecule has 10 aromatic rings. The number of anilines is 6. The zero-order chi connectivity index (χ0) is 36.9. The van der Waals surface area contributed by atoms with Crippen molar-refractivity contribution >= 4 is 97.1 Å². The molecule has 0 aliphatic heterocycles. The first-order chi connectivity index (χ1) is 27.0. The van der Waals surface area contributed by atoms with Crippen molar-refractivity contribution < 1.29 is 0 Å². The van der Waals surface area contributed by atoms with Crippen LogP contribution in [0.1, 0.15) is 25.0 Å². The highest BCUT2D eigenvalue weighted by Gasteiger charge is 2.27. The number of benzene rings is 8. The van der Waals surface area contributed by atoms with E-state index in [9.17, 15) is 0 Å². The molecule has 0 saturated carbocycles. The highest BCUT2D eigenvalue weighted by atomic mass is 32.1. The Balaban J connectivity index is 1.23. The molecule has 0 unspecified atom stereocenters. The summed E-state index contributed by atoms with van der Waals surface area (Å²) < 4.78 is 5.18. The molecular weight excluding hydrogens is 705 g/mol. The van der Waals surface area contributed by atoms with Crippen LogP contribution in [0.15, 0.2) is 194 Å². The summed E-state index contributed by atoms with van der Waals surface area (Å²) in [7, 11) is 0. The van der Waals surface area contributed by atoms with Gasteiger partial charge in [0, 0.05) is 79.9 Å². The van der Waals surface area contributed by atoms with Crippen molar-refractivity contribution in [2.24, 2.45) is 0 Å². The van der Waals surface area contributed by atoms with Crippen molar-refractivity contribution in [2.75, 3.05) is 9.80 Å². The molecular formula is C51H38N2S2. The molecule has 10 rings (SSSR count). The van der Waals surface area contributed by atoms with Gasteiger partial charge in [-0.05, 0) is 90.0 Å². The molecule has 0 bridgehead atoms. The van der Waals surface area contributed by atoms with E-state index in [2.05, 4.69) is 218 Å². The molecule has 0 fully saturated rings. The molecule has 8 aromatic carbocycles. The molecule has 55 heavy (non-hydrogen) atoms. The van der Waals surface area contributed by atoms with Crippen LogP contribution in [-0.4, -0.2) is 0 Å². The summed E-state index contributed by atoms with van der Waals surface area (Å²) in [6.45, 7) is 4.69. The Kier molecular flexibility index (Phi) is 8.24. The van der Waals surface area contributed by atoms with Gasteiger partial charge >= 0.3 is 0 Å². The molecule has 0 radical (unpaired) electrons. The summed E-state index contributed by atoms with van der Waals surface area (Å²) >= 11 is 3.72. The molecule has 0 aliphatic carbocycles. The third-order valence-corrected chi connectivity index (χ3v) is 13.2. The van der Waals surface area contributed by atoms with Gasteiger partial charge in [-0.25, -0.2) is 0 Å².